The number of aromatic nitrogens is 1. The van der Waals surface area contributed by atoms with Gasteiger partial charge in [-0.05, 0) is 42.8 Å². The van der Waals surface area contributed by atoms with E-state index >= 15 is 0 Å². The average molecular weight is 322 g/mol. The van der Waals surface area contributed by atoms with Crippen molar-refractivity contribution >= 4 is 16.8 Å². The van der Waals surface area contributed by atoms with Crippen molar-refractivity contribution in [2.24, 2.45) is 0 Å². The Kier molecular flexibility index (Phi) is 3.61. The molecule has 0 saturated carbocycles. The Balaban J connectivity index is 1.47. The van der Waals surface area contributed by atoms with Gasteiger partial charge >= 0.3 is 0 Å². The Labute approximate surface area is 139 Å². The van der Waals surface area contributed by atoms with Crippen LogP contribution in [0.3, 0.4) is 0 Å². The summed E-state index contributed by atoms with van der Waals surface area (Å²) in [6.45, 7) is 3.60. The van der Waals surface area contributed by atoms with Crippen molar-refractivity contribution in [3.63, 3.8) is 0 Å². The highest BCUT2D eigenvalue weighted by Crippen LogP contribution is 2.30. The number of fused-ring (bicyclic) bond motifs is 2. The first-order chi connectivity index (χ1) is 11.7. The number of hydrogen-bond donors (Lipinski definition) is 2. The Morgan fingerprint density at radius 1 is 1.08 bits per heavy atom. The summed E-state index contributed by atoms with van der Waals surface area (Å²) in [7, 11) is 0. The zero-order valence-corrected chi connectivity index (χ0v) is 13.4. The molecule has 2 N–H and O–H groups in total. The first-order valence-electron chi connectivity index (χ1n) is 7.95. The summed E-state index contributed by atoms with van der Waals surface area (Å²) in [6.07, 6.45) is 0. The minimum absolute atomic E-state index is 0.126. The minimum atomic E-state index is -0.126. The minimum Gasteiger partial charge on any atom is -0.486 e. The van der Waals surface area contributed by atoms with Crippen LogP contribution in [-0.4, -0.2) is 24.1 Å². The average Bonchev–Trinajstić information content (AvgIpc) is 3.02. The van der Waals surface area contributed by atoms with Gasteiger partial charge in [0.15, 0.2) is 11.5 Å². The van der Waals surface area contributed by atoms with Crippen molar-refractivity contribution < 1.29 is 14.3 Å². The number of ether oxygens (including phenoxy) is 2. The number of rotatable bonds is 3. The van der Waals surface area contributed by atoms with Gasteiger partial charge in [0.2, 0.25) is 0 Å². The van der Waals surface area contributed by atoms with Crippen molar-refractivity contribution in [3.8, 4) is 11.5 Å². The van der Waals surface area contributed by atoms with Gasteiger partial charge in [-0.1, -0.05) is 17.7 Å². The number of aryl methyl sites for hydroxylation is 1. The van der Waals surface area contributed by atoms with Crippen molar-refractivity contribution in [2.45, 2.75) is 13.5 Å². The lowest BCUT2D eigenvalue weighted by molar-refractivity contribution is 0.0946. The number of benzene rings is 2. The fourth-order valence-electron chi connectivity index (χ4n) is 2.85. The van der Waals surface area contributed by atoms with Crippen LogP contribution in [0.25, 0.3) is 10.9 Å². The molecule has 4 rings (SSSR count). The van der Waals surface area contributed by atoms with Gasteiger partial charge in [0.1, 0.15) is 18.9 Å². The quantitative estimate of drug-likeness (QED) is 0.778. The van der Waals surface area contributed by atoms with Gasteiger partial charge in [-0.15, -0.1) is 0 Å². The van der Waals surface area contributed by atoms with Gasteiger partial charge in [0, 0.05) is 17.4 Å². The molecule has 1 aliphatic rings. The number of aromatic amines is 1. The third-order valence-corrected chi connectivity index (χ3v) is 4.08. The summed E-state index contributed by atoms with van der Waals surface area (Å²) in [5, 5.41) is 3.97. The van der Waals surface area contributed by atoms with Gasteiger partial charge in [-0.2, -0.15) is 0 Å². The molecule has 0 saturated heterocycles. The smallest absolute Gasteiger partial charge is 0.267 e. The maximum Gasteiger partial charge on any atom is 0.267 e. The third-order valence-electron chi connectivity index (χ3n) is 4.08. The molecular formula is C19H18N2O3. The van der Waals surface area contributed by atoms with E-state index < -0.39 is 0 Å². The Morgan fingerprint density at radius 2 is 1.92 bits per heavy atom. The summed E-state index contributed by atoms with van der Waals surface area (Å²) >= 11 is 0. The van der Waals surface area contributed by atoms with Crippen LogP contribution < -0.4 is 14.8 Å². The lowest BCUT2D eigenvalue weighted by atomic mass is 10.2. The lowest BCUT2D eigenvalue weighted by Gasteiger charge is -2.18. The molecule has 0 radical (unpaired) electrons. The van der Waals surface area contributed by atoms with Crippen molar-refractivity contribution in [3.05, 3.63) is 59.3 Å². The van der Waals surface area contributed by atoms with Crippen LogP contribution in [0.5, 0.6) is 11.5 Å². The molecule has 0 atom stereocenters. The summed E-state index contributed by atoms with van der Waals surface area (Å²) in [5.41, 5.74) is 3.67. The van der Waals surface area contributed by atoms with Gasteiger partial charge in [-0.3, -0.25) is 4.79 Å². The van der Waals surface area contributed by atoms with E-state index in [-0.39, 0.29) is 5.91 Å². The second kappa shape index (κ2) is 5.92. The van der Waals surface area contributed by atoms with E-state index in [0.29, 0.717) is 25.5 Å². The van der Waals surface area contributed by atoms with Crippen LogP contribution in [0.4, 0.5) is 0 Å². The van der Waals surface area contributed by atoms with Crippen LogP contribution in [0, 0.1) is 6.92 Å². The summed E-state index contributed by atoms with van der Waals surface area (Å²) in [5.74, 6) is 1.36. The third kappa shape index (κ3) is 2.80. The lowest BCUT2D eigenvalue weighted by Crippen LogP contribution is -2.23. The molecule has 0 aliphatic carbocycles. The summed E-state index contributed by atoms with van der Waals surface area (Å²) in [6, 6.07) is 13.7. The van der Waals surface area contributed by atoms with E-state index in [1.165, 1.54) is 5.56 Å². The largest absolute Gasteiger partial charge is 0.486 e. The molecule has 1 aliphatic heterocycles. The molecular weight excluding hydrogens is 304 g/mol. The Bertz CT molecular complexity index is 914. The highest BCUT2D eigenvalue weighted by molar-refractivity contribution is 5.98. The van der Waals surface area contributed by atoms with Crippen molar-refractivity contribution in [1.29, 1.82) is 0 Å². The van der Waals surface area contributed by atoms with Gasteiger partial charge < -0.3 is 19.8 Å². The number of nitrogens with one attached hydrogen (secondary N) is 2. The van der Waals surface area contributed by atoms with Gasteiger partial charge in [0.05, 0.1) is 0 Å². The Hall–Kier alpha value is -2.95. The monoisotopic (exact) mass is 322 g/mol. The first kappa shape index (κ1) is 14.6. The molecule has 24 heavy (non-hydrogen) atoms. The molecule has 0 bridgehead atoms. The normalized spacial score (nSPS) is 13.0. The van der Waals surface area contributed by atoms with E-state index in [2.05, 4.69) is 16.4 Å². The highest BCUT2D eigenvalue weighted by atomic mass is 16.6. The standard InChI is InChI=1S/C19H18N2O3/c1-12-2-4-15-14(8-12)10-16(21-15)19(22)20-11-13-3-5-17-18(9-13)24-7-6-23-17/h2-5,8-10,21H,6-7,11H2,1H3,(H,20,22). The predicted octanol–water partition coefficient (Wildman–Crippen LogP) is 3.18. The second-order valence-electron chi connectivity index (χ2n) is 5.93. The van der Waals surface area contributed by atoms with Gasteiger partial charge in [-0.25, -0.2) is 0 Å². The fraction of sp³-hybridized carbons (Fsp3) is 0.211. The molecule has 0 fully saturated rings. The number of carbonyl (C=O) groups excluding carboxylic acids is 1. The molecule has 122 valence electrons. The molecule has 5 heteroatoms. The van der Waals surface area contributed by atoms with E-state index in [0.717, 1.165) is 28.0 Å². The highest BCUT2D eigenvalue weighted by Gasteiger charge is 2.13. The number of amides is 1. The van der Waals surface area contributed by atoms with E-state index in [9.17, 15) is 4.79 Å². The van der Waals surface area contributed by atoms with Crippen LogP contribution in [0.15, 0.2) is 42.5 Å². The Morgan fingerprint density at radius 3 is 2.79 bits per heavy atom. The van der Waals surface area contributed by atoms with E-state index in [4.69, 9.17) is 9.47 Å². The number of carbonyl (C=O) groups is 1. The van der Waals surface area contributed by atoms with E-state index in [1.54, 1.807) is 0 Å². The molecule has 2 heterocycles. The predicted molar refractivity (Wildman–Crippen MR) is 91.6 cm³/mol. The second-order valence-corrected chi connectivity index (χ2v) is 5.93. The molecule has 0 spiro atoms. The van der Waals surface area contributed by atoms with Crippen LogP contribution in [-0.2, 0) is 6.54 Å². The first-order valence-corrected chi connectivity index (χ1v) is 7.95. The fourth-order valence-corrected chi connectivity index (χ4v) is 2.85. The van der Waals surface area contributed by atoms with Crippen LogP contribution in [0.2, 0.25) is 0 Å². The maximum absolute atomic E-state index is 12.4. The topological polar surface area (TPSA) is 63.4 Å². The molecule has 1 aromatic heterocycles. The molecule has 3 aromatic rings. The summed E-state index contributed by atoms with van der Waals surface area (Å²) < 4.78 is 11.1. The van der Waals surface area contributed by atoms with Gasteiger partial charge in [0.25, 0.3) is 5.91 Å². The van der Waals surface area contributed by atoms with Crippen molar-refractivity contribution in [2.75, 3.05) is 13.2 Å². The van der Waals surface area contributed by atoms with Crippen molar-refractivity contribution in [1.82, 2.24) is 10.3 Å². The van der Waals surface area contributed by atoms with Crippen LogP contribution >= 0.6 is 0 Å². The number of H-pyrrole nitrogens is 1. The van der Waals surface area contributed by atoms with E-state index in [1.807, 2.05) is 43.3 Å². The van der Waals surface area contributed by atoms with Crippen LogP contribution in [0.1, 0.15) is 21.6 Å². The summed E-state index contributed by atoms with van der Waals surface area (Å²) in [4.78, 5) is 15.5. The zero-order chi connectivity index (χ0) is 16.5. The molecule has 0 unspecified atom stereocenters. The maximum atomic E-state index is 12.4. The zero-order valence-electron chi connectivity index (χ0n) is 13.4. The molecule has 5 nitrogen and oxygen atoms in total. The molecule has 1 amide bonds. The molecule has 2 aromatic carbocycles. The SMILES string of the molecule is Cc1ccc2[nH]c(C(=O)NCc3ccc4c(c3)OCCO4)cc2c1. The number of hydrogen-bond acceptors (Lipinski definition) is 3.